The van der Waals surface area contributed by atoms with E-state index >= 15 is 0 Å². The maximum absolute atomic E-state index is 6.12. The highest BCUT2D eigenvalue weighted by Gasteiger charge is 2.17. The number of hydrogen-bond acceptors (Lipinski definition) is 4. The Hall–Kier alpha value is -1.82. The molecule has 122 valence electrons. The van der Waals surface area contributed by atoms with Gasteiger partial charge in [0.25, 0.3) is 0 Å². The van der Waals surface area contributed by atoms with Crippen LogP contribution in [-0.4, -0.2) is 49.3 Å². The molecule has 2 rings (SSSR count). The highest BCUT2D eigenvalue weighted by Crippen LogP contribution is 2.17. The topological polar surface area (TPSA) is 73.0 Å². The van der Waals surface area contributed by atoms with Crippen LogP contribution < -0.4 is 10.5 Å². The number of guanidine groups is 1. The van der Waals surface area contributed by atoms with Gasteiger partial charge < -0.3 is 20.1 Å². The number of ether oxygens (including phenoxy) is 2. The maximum Gasteiger partial charge on any atom is 0.218 e. The van der Waals surface area contributed by atoms with Crippen LogP contribution in [0.25, 0.3) is 0 Å². The van der Waals surface area contributed by atoms with Crippen LogP contribution in [0, 0.1) is 5.92 Å². The van der Waals surface area contributed by atoms with Gasteiger partial charge in [-0.3, -0.25) is 0 Å². The zero-order valence-electron chi connectivity index (χ0n) is 13.5. The van der Waals surface area contributed by atoms with E-state index in [2.05, 4.69) is 21.8 Å². The molecule has 0 aliphatic carbocycles. The van der Waals surface area contributed by atoms with E-state index in [9.17, 15) is 0 Å². The van der Waals surface area contributed by atoms with Crippen LogP contribution in [-0.2, 0) is 11.3 Å². The van der Waals surface area contributed by atoms with Gasteiger partial charge >= 0.3 is 0 Å². The normalized spacial score (nSPS) is 19.3. The Morgan fingerprint density at radius 2 is 2.36 bits per heavy atom. The second-order valence-corrected chi connectivity index (χ2v) is 5.68. The lowest BCUT2D eigenvalue weighted by molar-refractivity contribution is 0.143. The number of pyridine rings is 1. The molecule has 1 saturated heterocycles. The molecule has 0 radical (unpaired) electrons. The summed E-state index contributed by atoms with van der Waals surface area (Å²) < 4.78 is 10.6. The van der Waals surface area contributed by atoms with Crippen LogP contribution in [0.5, 0.6) is 5.88 Å². The number of rotatable bonds is 6. The third kappa shape index (κ3) is 4.87. The fourth-order valence-electron chi connectivity index (χ4n) is 2.56. The zero-order chi connectivity index (χ0) is 15.8. The Morgan fingerprint density at radius 1 is 1.50 bits per heavy atom. The van der Waals surface area contributed by atoms with E-state index in [0.29, 0.717) is 37.5 Å². The number of hydrogen-bond donors (Lipinski definition) is 1. The van der Waals surface area contributed by atoms with Crippen molar-refractivity contribution < 1.29 is 9.47 Å². The molecule has 2 heterocycles. The molecule has 1 aromatic heterocycles. The van der Waals surface area contributed by atoms with E-state index in [-0.39, 0.29) is 0 Å². The molecule has 1 aliphatic heterocycles. The van der Waals surface area contributed by atoms with E-state index in [1.54, 1.807) is 13.3 Å². The van der Waals surface area contributed by atoms with Gasteiger partial charge in [0.15, 0.2) is 5.96 Å². The number of nitrogens with zero attached hydrogens (tertiary/aromatic N) is 3. The van der Waals surface area contributed by atoms with Gasteiger partial charge in [0, 0.05) is 32.0 Å². The van der Waals surface area contributed by atoms with Crippen molar-refractivity contribution >= 4 is 5.96 Å². The largest absolute Gasteiger partial charge is 0.475 e. The number of aliphatic imine (C=N–C) groups is 1. The molecule has 0 bridgehead atoms. The molecule has 1 fully saturated rings. The van der Waals surface area contributed by atoms with Gasteiger partial charge in [-0.2, -0.15) is 0 Å². The van der Waals surface area contributed by atoms with Crippen molar-refractivity contribution in [3.8, 4) is 5.88 Å². The van der Waals surface area contributed by atoms with Crippen molar-refractivity contribution in [1.82, 2.24) is 9.88 Å². The molecule has 0 amide bonds. The van der Waals surface area contributed by atoms with Crippen LogP contribution in [0.2, 0.25) is 0 Å². The van der Waals surface area contributed by atoms with Crippen molar-refractivity contribution in [3.05, 3.63) is 23.9 Å². The predicted octanol–water partition coefficient (Wildman–Crippen LogP) is 1.65. The summed E-state index contributed by atoms with van der Waals surface area (Å²) in [6, 6.07) is 3.85. The Kier molecular flexibility index (Phi) is 6.45. The first-order chi connectivity index (χ1) is 10.7. The van der Waals surface area contributed by atoms with Crippen LogP contribution >= 0.6 is 0 Å². The molecule has 2 N–H and O–H groups in total. The van der Waals surface area contributed by atoms with Crippen LogP contribution in [0.4, 0.5) is 0 Å². The lowest BCUT2D eigenvalue weighted by atomic mass is 10.0. The molecular weight excluding hydrogens is 280 g/mol. The maximum atomic E-state index is 6.12. The van der Waals surface area contributed by atoms with Gasteiger partial charge in [-0.05, 0) is 24.8 Å². The Labute approximate surface area is 132 Å². The molecule has 0 spiro atoms. The summed E-state index contributed by atoms with van der Waals surface area (Å²) in [6.07, 6.45) is 4.16. The van der Waals surface area contributed by atoms with Gasteiger partial charge in [0.1, 0.15) is 6.61 Å². The van der Waals surface area contributed by atoms with E-state index < -0.39 is 0 Å². The van der Waals surface area contributed by atoms with E-state index in [1.165, 1.54) is 12.8 Å². The number of likely N-dealkylation sites (tertiary alicyclic amines) is 1. The predicted molar refractivity (Wildman–Crippen MR) is 86.9 cm³/mol. The van der Waals surface area contributed by atoms with E-state index in [4.69, 9.17) is 15.2 Å². The Bertz CT molecular complexity index is 493. The fraction of sp³-hybridized carbons (Fsp3) is 0.625. The molecule has 6 heteroatoms. The number of nitrogens with two attached hydrogens (primary N) is 1. The van der Waals surface area contributed by atoms with Gasteiger partial charge in [-0.1, -0.05) is 13.0 Å². The Morgan fingerprint density at radius 3 is 3.14 bits per heavy atom. The van der Waals surface area contributed by atoms with Crippen molar-refractivity contribution in [2.24, 2.45) is 16.6 Å². The first-order valence-electron chi connectivity index (χ1n) is 7.81. The molecule has 22 heavy (non-hydrogen) atoms. The zero-order valence-corrected chi connectivity index (χ0v) is 13.5. The third-order valence-corrected chi connectivity index (χ3v) is 3.77. The monoisotopic (exact) mass is 306 g/mol. The summed E-state index contributed by atoms with van der Waals surface area (Å²) in [4.78, 5) is 10.9. The molecule has 1 atom stereocenters. The molecule has 0 saturated carbocycles. The van der Waals surface area contributed by atoms with Gasteiger partial charge in [-0.25, -0.2) is 9.98 Å². The van der Waals surface area contributed by atoms with Gasteiger partial charge in [0.2, 0.25) is 5.88 Å². The summed E-state index contributed by atoms with van der Waals surface area (Å²) in [5.41, 5.74) is 7.06. The van der Waals surface area contributed by atoms with E-state index in [0.717, 1.165) is 18.7 Å². The van der Waals surface area contributed by atoms with Crippen molar-refractivity contribution in [2.75, 3.05) is 33.4 Å². The van der Waals surface area contributed by atoms with Crippen molar-refractivity contribution in [3.63, 3.8) is 0 Å². The minimum Gasteiger partial charge on any atom is -0.475 e. The molecule has 6 nitrogen and oxygen atoms in total. The van der Waals surface area contributed by atoms with Crippen molar-refractivity contribution in [2.45, 2.75) is 26.3 Å². The highest BCUT2D eigenvalue weighted by molar-refractivity contribution is 5.78. The Balaban J connectivity index is 1.96. The van der Waals surface area contributed by atoms with Crippen LogP contribution in [0.1, 0.15) is 25.3 Å². The standard InChI is InChI=1S/C16H26N4O2/c1-13-5-4-8-20(12-13)16(17)19-11-14-6-3-7-18-15(14)22-10-9-21-2/h3,6-7,13H,4-5,8-12H2,1-2H3,(H2,17,19). The summed E-state index contributed by atoms with van der Waals surface area (Å²) in [5.74, 6) is 1.88. The van der Waals surface area contributed by atoms with Gasteiger partial charge in [-0.15, -0.1) is 0 Å². The first-order valence-corrected chi connectivity index (χ1v) is 7.81. The fourth-order valence-corrected chi connectivity index (χ4v) is 2.56. The van der Waals surface area contributed by atoms with Crippen LogP contribution in [0.3, 0.4) is 0 Å². The third-order valence-electron chi connectivity index (χ3n) is 3.77. The lowest BCUT2D eigenvalue weighted by Crippen LogP contribution is -2.43. The summed E-state index contributed by atoms with van der Waals surface area (Å²) >= 11 is 0. The summed E-state index contributed by atoms with van der Waals surface area (Å²) in [6.45, 7) is 5.72. The smallest absolute Gasteiger partial charge is 0.218 e. The highest BCUT2D eigenvalue weighted by atomic mass is 16.5. The first kappa shape index (κ1) is 16.5. The quantitative estimate of drug-likeness (QED) is 0.491. The molecular formula is C16H26N4O2. The molecule has 1 aliphatic rings. The second-order valence-electron chi connectivity index (χ2n) is 5.68. The molecule has 1 aromatic rings. The van der Waals surface area contributed by atoms with Crippen LogP contribution in [0.15, 0.2) is 23.3 Å². The average Bonchev–Trinajstić information content (AvgIpc) is 2.54. The minimum atomic E-state index is 0.476. The van der Waals surface area contributed by atoms with Gasteiger partial charge in [0.05, 0.1) is 13.2 Å². The summed E-state index contributed by atoms with van der Waals surface area (Å²) in [5, 5.41) is 0. The number of aromatic nitrogens is 1. The van der Waals surface area contributed by atoms with Crippen molar-refractivity contribution in [1.29, 1.82) is 0 Å². The number of piperidine rings is 1. The SMILES string of the molecule is COCCOc1ncccc1CN=C(N)N1CCCC(C)C1. The lowest BCUT2D eigenvalue weighted by Gasteiger charge is -2.31. The minimum absolute atomic E-state index is 0.476. The average molecular weight is 306 g/mol. The molecule has 1 unspecified atom stereocenters. The molecule has 0 aromatic carbocycles. The second kappa shape index (κ2) is 8.58. The van der Waals surface area contributed by atoms with E-state index in [1.807, 2.05) is 12.1 Å². The summed E-state index contributed by atoms with van der Waals surface area (Å²) in [7, 11) is 1.65. The number of methoxy groups -OCH3 is 1.